The number of nitrogen functional groups attached to an aromatic ring is 1. The zero-order valence-electron chi connectivity index (χ0n) is 10.9. The number of aryl methyl sites for hydroxylation is 1. The SMILES string of the molecule is CCCCc1nc2c([nH]1)c(NN)nc1ccccc12. The van der Waals surface area contributed by atoms with Crippen molar-refractivity contribution in [2.75, 3.05) is 5.43 Å². The van der Waals surface area contributed by atoms with E-state index in [1.54, 1.807) is 0 Å². The molecule has 0 saturated carbocycles. The van der Waals surface area contributed by atoms with E-state index in [1.807, 2.05) is 24.3 Å². The fraction of sp³-hybridized carbons (Fsp3) is 0.286. The monoisotopic (exact) mass is 255 g/mol. The number of hydrogen-bond acceptors (Lipinski definition) is 4. The highest BCUT2D eigenvalue weighted by Gasteiger charge is 2.12. The lowest BCUT2D eigenvalue weighted by molar-refractivity contribution is 0.765. The first-order valence-corrected chi connectivity index (χ1v) is 6.57. The lowest BCUT2D eigenvalue weighted by Gasteiger charge is -2.03. The predicted octanol–water partition coefficient (Wildman–Crippen LogP) is 2.74. The average Bonchev–Trinajstić information content (AvgIpc) is 2.88. The van der Waals surface area contributed by atoms with Gasteiger partial charge in [0, 0.05) is 11.8 Å². The predicted molar refractivity (Wildman–Crippen MR) is 77.8 cm³/mol. The van der Waals surface area contributed by atoms with Crippen molar-refractivity contribution < 1.29 is 0 Å². The number of aromatic nitrogens is 3. The highest BCUT2D eigenvalue weighted by atomic mass is 15.3. The molecule has 2 aromatic heterocycles. The molecule has 0 fully saturated rings. The maximum Gasteiger partial charge on any atom is 0.166 e. The number of hydrazine groups is 1. The molecule has 2 heterocycles. The van der Waals surface area contributed by atoms with Crippen molar-refractivity contribution in [3.05, 3.63) is 30.1 Å². The topological polar surface area (TPSA) is 79.6 Å². The van der Waals surface area contributed by atoms with Crippen molar-refractivity contribution >= 4 is 27.8 Å². The number of aromatic amines is 1. The molecule has 3 rings (SSSR count). The van der Waals surface area contributed by atoms with Gasteiger partial charge in [-0.3, -0.25) is 0 Å². The number of hydrogen-bond donors (Lipinski definition) is 3. The number of fused-ring (bicyclic) bond motifs is 3. The van der Waals surface area contributed by atoms with Crippen LogP contribution < -0.4 is 11.3 Å². The Morgan fingerprint density at radius 1 is 1.26 bits per heavy atom. The fourth-order valence-electron chi connectivity index (χ4n) is 2.30. The van der Waals surface area contributed by atoms with Crippen molar-refractivity contribution in [3.8, 4) is 0 Å². The first-order valence-electron chi connectivity index (χ1n) is 6.57. The van der Waals surface area contributed by atoms with E-state index < -0.39 is 0 Å². The van der Waals surface area contributed by atoms with Crippen LogP contribution in [0.4, 0.5) is 5.82 Å². The Balaban J connectivity index is 2.25. The molecule has 0 bridgehead atoms. The third-order valence-electron chi connectivity index (χ3n) is 3.28. The second-order valence-corrected chi connectivity index (χ2v) is 4.63. The molecule has 0 spiro atoms. The number of unbranched alkanes of at least 4 members (excludes halogenated alkanes) is 1. The molecule has 1 aromatic carbocycles. The molecule has 0 aliphatic rings. The summed E-state index contributed by atoms with van der Waals surface area (Å²) in [6, 6.07) is 7.97. The van der Waals surface area contributed by atoms with Gasteiger partial charge in [-0.15, -0.1) is 0 Å². The van der Waals surface area contributed by atoms with E-state index in [0.717, 1.165) is 47.0 Å². The molecular formula is C14H17N5. The average molecular weight is 255 g/mol. The molecule has 0 amide bonds. The van der Waals surface area contributed by atoms with Crippen LogP contribution in [-0.4, -0.2) is 15.0 Å². The smallest absolute Gasteiger partial charge is 0.166 e. The second-order valence-electron chi connectivity index (χ2n) is 4.63. The number of pyridine rings is 1. The van der Waals surface area contributed by atoms with Gasteiger partial charge in [0.25, 0.3) is 0 Å². The van der Waals surface area contributed by atoms with Crippen LogP contribution in [0, 0.1) is 0 Å². The van der Waals surface area contributed by atoms with Gasteiger partial charge >= 0.3 is 0 Å². The van der Waals surface area contributed by atoms with Crippen molar-refractivity contribution in [2.24, 2.45) is 5.84 Å². The number of benzene rings is 1. The van der Waals surface area contributed by atoms with Crippen LogP contribution in [0.15, 0.2) is 24.3 Å². The van der Waals surface area contributed by atoms with Crippen LogP contribution >= 0.6 is 0 Å². The Bertz CT molecular complexity index is 716. The van der Waals surface area contributed by atoms with E-state index in [-0.39, 0.29) is 0 Å². The highest BCUT2D eigenvalue weighted by Crippen LogP contribution is 2.27. The maximum absolute atomic E-state index is 5.56. The van der Waals surface area contributed by atoms with Gasteiger partial charge in [-0.05, 0) is 12.5 Å². The maximum atomic E-state index is 5.56. The van der Waals surface area contributed by atoms with Crippen LogP contribution in [0.25, 0.3) is 21.9 Å². The molecule has 5 heteroatoms. The molecule has 0 atom stereocenters. The minimum absolute atomic E-state index is 0.643. The van der Waals surface area contributed by atoms with E-state index in [9.17, 15) is 0 Å². The Hall–Kier alpha value is -2.14. The van der Waals surface area contributed by atoms with Crippen molar-refractivity contribution in [3.63, 3.8) is 0 Å². The van der Waals surface area contributed by atoms with Crippen molar-refractivity contribution in [1.29, 1.82) is 0 Å². The number of rotatable bonds is 4. The highest BCUT2D eigenvalue weighted by molar-refractivity contribution is 6.06. The van der Waals surface area contributed by atoms with E-state index in [0.29, 0.717) is 5.82 Å². The van der Waals surface area contributed by atoms with Gasteiger partial charge in [-0.25, -0.2) is 15.8 Å². The number of imidazole rings is 1. The van der Waals surface area contributed by atoms with Gasteiger partial charge in [0.1, 0.15) is 16.9 Å². The summed E-state index contributed by atoms with van der Waals surface area (Å²) in [6.45, 7) is 2.17. The van der Waals surface area contributed by atoms with E-state index in [2.05, 4.69) is 22.3 Å². The summed E-state index contributed by atoms with van der Waals surface area (Å²) in [6.07, 6.45) is 3.22. The lowest BCUT2D eigenvalue weighted by Crippen LogP contribution is -2.09. The van der Waals surface area contributed by atoms with Crippen LogP contribution in [0.1, 0.15) is 25.6 Å². The second kappa shape index (κ2) is 4.85. The molecule has 19 heavy (non-hydrogen) atoms. The number of nitrogens with zero attached hydrogens (tertiary/aromatic N) is 2. The number of nitrogens with one attached hydrogen (secondary N) is 2. The normalized spacial score (nSPS) is 11.3. The molecule has 0 radical (unpaired) electrons. The third kappa shape index (κ3) is 2.02. The Labute approximate surface area is 111 Å². The molecule has 5 nitrogen and oxygen atoms in total. The summed E-state index contributed by atoms with van der Waals surface area (Å²) in [5.41, 5.74) is 5.37. The summed E-state index contributed by atoms with van der Waals surface area (Å²) in [5, 5.41) is 1.05. The largest absolute Gasteiger partial charge is 0.339 e. The van der Waals surface area contributed by atoms with Crippen LogP contribution in [0.2, 0.25) is 0 Å². The summed E-state index contributed by atoms with van der Waals surface area (Å²) in [5.74, 6) is 7.19. The van der Waals surface area contributed by atoms with Crippen molar-refractivity contribution in [1.82, 2.24) is 15.0 Å². The van der Waals surface area contributed by atoms with Crippen LogP contribution in [0.3, 0.4) is 0 Å². The van der Waals surface area contributed by atoms with Gasteiger partial charge in [-0.2, -0.15) is 0 Å². The minimum atomic E-state index is 0.643. The standard InChI is InChI=1S/C14H17N5/c1-2-3-8-11-17-12-9-6-4-5-7-10(9)16-14(19-15)13(12)18-11/h4-7H,2-3,8,15H2,1H3,(H,16,19)(H,17,18). The molecule has 98 valence electrons. The molecular weight excluding hydrogens is 238 g/mol. The number of nitrogens with two attached hydrogens (primary N) is 1. The summed E-state index contributed by atoms with van der Waals surface area (Å²) >= 11 is 0. The molecule has 0 aliphatic heterocycles. The van der Waals surface area contributed by atoms with E-state index in [4.69, 9.17) is 10.8 Å². The Morgan fingerprint density at radius 2 is 2.11 bits per heavy atom. The summed E-state index contributed by atoms with van der Waals surface area (Å²) in [4.78, 5) is 12.5. The zero-order valence-corrected chi connectivity index (χ0v) is 10.9. The van der Waals surface area contributed by atoms with Crippen molar-refractivity contribution in [2.45, 2.75) is 26.2 Å². The van der Waals surface area contributed by atoms with Crippen LogP contribution in [-0.2, 0) is 6.42 Å². The molecule has 0 saturated heterocycles. The minimum Gasteiger partial charge on any atom is -0.339 e. The lowest BCUT2D eigenvalue weighted by atomic mass is 10.2. The van der Waals surface area contributed by atoms with Gasteiger partial charge in [0.15, 0.2) is 5.82 Å². The first kappa shape index (κ1) is 11.9. The van der Waals surface area contributed by atoms with Gasteiger partial charge in [-0.1, -0.05) is 31.5 Å². The fourth-order valence-corrected chi connectivity index (χ4v) is 2.30. The zero-order chi connectivity index (χ0) is 13.2. The molecule has 0 unspecified atom stereocenters. The quantitative estimate of drug-likeness (QED) is 0.494. The number of para-hydroxylation sites is 1. The van der Waals surface area contributed by atoms with Crippen LogP contribution in [0.5, 0.6) is 0 Å². The Morgan fingerprint density at radius 3 is 2.89 bits per heavy atom. The number of anilines is 1. The molecule has 3 aromatic rings. The molecule has 0 aliphatic carbocycles. The van der Waals surface area contributed by atoms with Gasteiger partial charge in [0.2, 0.25) is 0 Å². The molecule has 4 N–H and O–H groups in total. The van der Waals surface area contributed by atoms with Gasteiger partial charge in [0.05, 0.1) is 5.52 Å². The summed E-state index contributed by atoms with van der Waals surface area (Å²) < 4.78 is 0. The Kier molecular flexibility index (Phi) is 3.05. The van der Waals surface area contributed by atoms with Gasteiger partial charge < -0.3 is 10.4 Å². The van der Waals surface area contributed by atoms with E-state index in [1.165, 1.54) is 0 Å². The summed E-state index contributed by atoms with van der Waals surface area (Å²) in [7, 11) is 0. The third-order valence-corrected chi connectivity index (χ3v) is 3.28. The first-order chi connectivity index (χ1) is 9.33. The number of H-pyrrole nitrogens is 1. The van der Waals surface area contributed by atoms with E-state index >= 15 is 0 Å².